The highest BCUT2D eigenvalue weighted by Gasteiger charge is 2.34. The molecule has 0 atom stereocenters. The fraction of sp³-hybridized carbons (Fsp3) is 0.647. The fourth-order valence-electron chi connectivity index (χ4n) is 2.80. The maximum absolute atomic E-state index is 9.72. The monoisotopic (exact) mass is 295 g/mol. The molecular weight excluding hydrogens is 266 g/mol. The Morgan fingerprint density at radius 1 is 1.14 bits per heavy atom. The molecular formula is C17H29NO3. The van der Waals surface area contributed by atoms with E-state index in [9.17, 15) is 10.2 Å². The highest BCUT2D eigenvalue weighted by atomic mass is 16.5. The molecule has 21 heavy (non-hydrogen) atoms. The lowest BCUT2D eigenvalue weighted by atomic mass is 9.71. The largest absolute Gasteiger partial charge is 0.504 e. The van der Waals surface area contributed by atoms with Crippen LogP contribution < -0.4 is 5.32 Å². The number of hydrogen-bond acceptors (Lipinski definition) is 4. The molecule has 0 saturated carbocycles. The SMILES string of the molecule is CC.CCNCCC1(c2ccc(O)c(O)c2)CCOCC1. The molecule has 0 unspecified atom stereocenters. The zero-order valence-corrected chi connectivity index (χ0v) is 13.5. The van der Waals surface area contributed by atoms with Gasteiger partial charge in [-0.15, -0.1) is 0 Å². The fourth-order valence-corrected chi connectivity index (χ4v) is 2.80. The van der Waals surface area contributed by atoms with Gasteiger partial charge in [-0.05, 0) is 50.0 Å². The molecule has 3 N–H and O–H groups in total. The number of nitrogens with one attached hydrogen (secondary N) is 1. The van der Waals surface area contributed by atoms with Crippen LogP contribution in [0.2, 0.25) is 0 Å². The Kier molecular flexibility index (Phi) is 7.54. The highest BCUT2D eigenvalue weighted by molar-refractivity contribution is 5.43. The van der Waals surface area contributed by atoms with Gasteiger partial charge in [0.2, 0.25) is 0 Å². The average molecular weight is 295 g/mol. The lowest BCUT2D eigenvalue weighted by molar-refractivity contribution is 0.0468. The average Bonchev–Trinajstić information content (AvgIpc) is 2.53. The van der Waals surface area contributed by atoms with E-state index >= 15 is 0 Å². The van der Waals surface area contributed by atoms with Crippen molar-refractivity contribution in [1.82, 2.24) is 5.32 Å². The molecule has 1 aromatic carbocycles. The van der Waals surface area contributed by atoms with Gasteiger partial charge in [-0.1, -0.05) is 26.8 Å². The summed E-state index contributed by atoms with van der Waals surface area (Å²) in [5.41, 5.74) is 1.15. The molecule has 1 fully saturated rings. The van der Waals surface area contributed by atoms with Crippen LogP contribution in [0.3, 0.4) is 0 Å². The number of aromatic hydroxyl groups is 2. The number of rotatable bonds is 5. The van der Waals surface area contributed by atoms with Gasteiger partial charge in [0.25, 0.3) is 0 Å². The zero-order chi connectivity index (χ0) is 15.7. The first-order valence-electron chi connectivity index (χ1n) is 7.99. The quantitative estimate of drug-likeness (QED) is 0.577. The molecule has 1 aliphatic heterocycles. The summed E-state index contributed by atoms with van der Waals surface area (Å²) in [4.78, 5) is 0. The summed E-state index contributed by atoms with van der Waals surface area (Å²) in [7, 11) is 0. The molecule has 4 heteroatoms. The summed E-state index contributed by atoms with van der Waals surface area (Å²) >= 11 is 0. The van der Waals surface area contributed by atoms with Crippen LogP contribution in [0, 0.1) is 0 Å². The summed E-state index contributed by atoms with van der Waals surface area (Å²) in [6.45, 7) is 9.54. The van der Waals surface area contributed by atoms with Gasteiger partial charge in [0, 0.05) is 18.6 Å². The van der Waals surface area contributed by atoms with Crippen LogP contribution in [0.15, 0.2) is 18.2 Å². The second kappa shape index (κ2) is 8.90. The predicted octanol–water partition coefficient (Wildman–Crippen LogP) is 3.17. The van der Waals surface area contributed by atoms with E-state index in [2.05, 4.69) is 12.2 Å². The molecule has 2 rings (SSSR count). The van der Waals surface area contributed by atoms with E-state index in [1.165, 1.54) is 0 Å². The molecule has 4 nitrogen and oxygen atoms in total. The summed E-state index contributed by atoms with van der Waals surface area (Å²) < 4.78 is 5.47. The van der Waals surface area contributed by atoms with Crippen molar-refractivity contribution in [2.75, 3.05) is 26.3 Å². The maximum atomic E-state index is 9.72. The Morgan fingerprint density at radius 3 is 2.38 bits per heavy atom. The van der Waals surface area contributed by atoms with Crippen molar-refractivity contribution in [2.24, 2.45) is 0 Å². The van der Waals surface area contributed by atoms with Gasteiger partial charge in [-0.3, -0.25) is 0 Å². The normalized spacial score (nSPS) is 16.9. The van der Waals surface area contributed by atoms with E-state index in [1.807, 2.05) is 19.9 Å². The van der Waals surface area contributed by atoms with Gasteiger partial charge >= 0.3 is 0 Å². The van der Waals surface area contributed by atoms with Gasteiger partial charge in [-0.2, -0.15) is 0 Å². The molecule has 0 bridgehead atoms. The first-order valence-corrected chi connectivity index (χ1v) is 7.99. The van der Waals surface area contributed by atoms with E-state index in [1.54, 1.807) is 12.1 Å². The molecule has 1 saturated heterocycles. The van der Waals surface area contributed by atoms with Gasteiger partial charge in [-0.25, -0.2) is 0 Å². The Labute approximate surface area is 128 Å². The summed E-state index contributed by atoms with van der Waals surface area (Å²) in [6, 6.07) is 5.20. The zero-order valence-electron chi connectivity index (χ0n) is 13.5. The van der Waals surface area contributed by atoms with Crippen LogP contribution in [0.4, 0.5) is 0 Å². The second-order valence-corrected chi connectivity index (χ2v) is 5.20. The van der Waals surface area contributed by atoms with E-state index in [0.717, 1.165) is 51.1 Å². The van der Waals surface area contributed by atoms with Crippen molar-refractivity contribution < 1.29 is 14.9 Å². The molecule has 1 aliphatic rings. The van der Waals surface area contributed by atoms with E-state index in [-0.39, 0.29) is 16.9 Å². The van der Waals surface area contributed by atoms with Crippen LogP contribution in [0.1, 0.15) is 45.6 Å². The van der Waals surface area contributed by atoms with Gasteiger partial charge in [0.1, 0.15) is 0 Å². The molecule has 0 aromatic heterocycles. The van der Waals surface area contributed by atoms with Crippen LogP contribution in [-0.2, 0) is 10.2 Å². The third kappa shape index (κ3) is 4.61. The molecule has 1 aromatic rings. The van der Waals surface area contributed by atoms with Crippen LogP contribution >= 0.6 is 0 Å². The molecule has 0 radical (unpaired) electrons. The number of hydrogen-bond donors (Lipinski definition) is 3. The van der Waals surface area contributed by atoms with Crippen molar-refractivity contribution in [3.63, 3.8) is 0 Å². The molecule has 0 amide bonds. The Hall–Kier alpha value is -1.26. The number of phenolic OH excluding ortho intramolecular Hbond substituents is 2. The summed E-state index contributed by atoms with van der Waals surface area (Å²) in [6.07, 6.45) is 2.94. The lowest BCUT2D eigenvalue weighted by Gasteiger charge is -2.38. The van der Waals surface area contributed by atoms with E-state index < -0.39 is 0 Å². The number of phenols is 2. The molecule has 0 aliphatic carbocycles. The molecule has 0 spiro atoms. The Bertz CT molecular complexity index is 414. The molecule has 1 heterocycles. The summed E-state index contributed by atoms with van der Waals surface area (Å²) in [5, 5.41) is 22.5. The lowest BCUT2D eigenvalue weighted by Crippen LogP contribution is -2.36. The van der Waals surface area contributed by atoms with Crippen LogP contribution in [-0.4, -0.2) is 36.5 Å². The standard InChI is InChI=1S/C15H23NO3.C2H6/c1-2-16-8-5-15(6-9-19-10-7-15)12-3-4-13(17)14(18)11-12;1-2/h3-4,11,16-18H,2,5-10H2,1H3;1-2H3. The van der Waals surface area contributed by atoms with E-state index in [0.29, 0.717) is 0 Å². The second-order valence-electron chi connectivity index (χ2n) is 5.20. The topological polar surface area (TPSA) is 61.7 Å². The number of ether oxygens (including phenoxy) is 1. The predicted molar refractivity (Wildman–Crippen MR) is 86.0 cm³/mol. The van der Waals surface area contributed by atoms with E-state index in [4.69, 9.17) is 4.74 Å². The maximum Gasteiger partial charge on any atom is 0.157 e. The first kappa shape index (κ1) is 17.8. The van der Waals surface area contributed by atoms with Crippen molar-refractivity contribution in [3.8, 4) is 11.5 Å². The van der Waals surface area contributed by atoms with Crippen molar-refractivity contribution in [3.05, 3.63) is 23.8 Å². The molecule has 120 valence electrons. The van der Waals surface area contributed by atoms with Gasteiger partial charge in [0.05, 0.1) is 0 Å². The third-order valence-corrected chi connectivity index (χ3v) is 4.07. The minimum absolute atomic E-state index is 0.0354. The number of benzene rings is 1. The van der Waals surface area contributed by atoms with Crippen molar-refractivity contribution in [2.45, 2.75) is 45.4 Å². The van der Waals surface area contributed by atoms with Crippen molar-refractivity contribution in [1.29, 1.82) is 0 Å². The van der Waals surface area contributed by atoms with Gasteiger partial charge in [0.15, 0.2) is 11.5 Å². The summed E-state index contributed by atoms with van der Waals surface area (Å²) in [5.74, 6) is -0.0931. The minimum Gasteiger partial charge on any atom is -0.504 e. The third-order valence-electron chi connectivity index (χ3n) is 4.07. The van der Waals surface area contributed by atoms with Crippen molar-refractivity contribution >= 4 is 0 Å². The van der Waals surface area contributed by atoms with Crippen LogP contribution in [0.25, 0.3) is 0 Å². The first-order chi connectivity index (χ1) is 10.2. The van der Waals surface area contributed by atoms with Gasteiger partial charge < -0.3 is 20.3 Å². The smallest absolute Gasteiger partial charge is 0.157 e. The minimum atomic E-state index is -0.0577. The Morgan fingerprint density at radius 2 is 1.81 bits per heavy atom. The Balaban J connectivity index is 0.00000106. The highest BCUT2D eigenvalue weighted by Crippen LogP contribution is 2.40. The van der Waals surface area contributed by atoms with Crippen LogP contribution in [0.5, 0.6) is 11.5 Å².